The molecule has 0 spiro atoms. The number of nitrogens with one attached hydrogen (secondary N) is 16. The van der Waals surface area contributed by atoms with Crippen molar-refractivity contribution < 1.29 is 91.4 Å². The van der Waals surface area contributed by atoms with E-state index in [0.29, 0.717) is 76.3 Å². The van der Waals surface area contributed by atoms with Gasteiger partial charge in [-0.15, -0.1) is 0 Å². The van der Waals surface area contributed by atoms with Crippen LogP contribution in [-0.2, 0) is 112 Å². The Bertz CT molecular complexity index is 5180. The van der Waals surface area contributed by atoms with Crippen LogP contribution < -0.4 is 81.0 Å². The second-order valence-corrected chi connectivity index (χ2v) is 34.5. The maximum absolute atomic E-state index is 15.8. The molecular weight excluding hydrogens is 1750 g/mol. The highest BCUT2D eigenvalue weighted by Crippen LogP contribution is 2.26. The van der Waals surface area contributed by atoms with Gasteiger partial charge in [0.05, 0.1) is 45.4 Å². The molecule has 2 fully saturated rings. The van der Waals surface area contributed by atoms with Crippen LogP contribution in [-0.4, -0.2) is 308 Å². The summed E-state index contributed by atoms with van der Waals surface area (Å²) in [6, 6.07) is 1.95. The Morgan fingerprint density at radius 1 is 0.519 bits per heavy atom. The molecule has 0 aliphatic carbocycles. The molecule has 135 heavy (non-hydrogen) atoms. The lowest BCUT2D eigenvalue weighted by molar-refractivity contribution is -0.149. The van der Waals surface area contributed by atoms with Crippen molar-refractivity contribution >= 4 is 134 Å². The number of likely N-dealkylation sites (N-methyl/N-ethyl adjacent to an activating group) is 4. The summed E-state index contributed by atoms with van der Waals surface area (Å²) in [5, 5.41) is 51.2. The maximum Gasteiger partial charge on any atom is 0.246 e. The van der Waals surface area contributed by atoms with E-state index in [1.54, 1.807) is 105 Å². The highest BCUT2D eigenvalue weighted by atomic mass is 16.3. The van der Waals surface area contributed by atoms with Crippen LogP contribution in [0.2, 0.25) is 0 Å². The standard InChI is InChI=1S/C91H129N25O19/c1-10-12-15-32-72-90(135)114(8)70(31-13-11-2)84(129)105-61(30-22-34-97-91(94)95)80(125)106-64(79(124)101-46-74(93)119)42-75(120)100-47-76(121)104-66(37-53-24-16-14-17-25-53)87(132)113(7)52(5)78(123)108-68(41-73(92)118)89(134)116-35-23-33-71(116)85(130)107-63(40-56-45-96-50-102-56)82(127)109-65(36-51(3)4)86(131)112(6)48-77(122)103-62(38-54-43-98-59-28-20-18-26-57(54)59)81(126)111-69(49-117)83(128)110-67(88(133)115(72)9)39-55-44-99-60-29-21-19-27-58(55)60/h14,16-21,24-29,43-45,50-52,61-72,98-99,117H,10-13,15,22-23,30-42,46-49H2,1-9H3,(H2,92,118)(H2,93,119)(H,96,102)(H,100,120)(H,101,124)(H,103,122)(H,104,121)(H,105,129)(H,106,125)(H,107,130)(H,108,123)(H,109,127)(H,110,128)(H,111,126)(H4,94,95,97)/t52-,61-,62-,63-,64-,65-,66-,67-,68-,69-,70-,71-,72-/m0/s1. The Labute approximate surface area is 781 Å². The number of nitrogens with zero attached hydrogens (tertiary/aromatic N) is 6. The molecular formula is C91H129N25O19. The molecule has 732 valence electrons. The van der Waals surface area contributed by atoms with E-state index in [0.717, 1.165) is 24.5 Å². The minimum Gasteiger partial charge on any atom is -0.394 e. The summed E-state index contributed by atoms with van der Waals surface area (Å²) in [5.41, 5.74) is 19.9. The number of nitrogens with two attached hydrogens (primary N) is 3. The number of fused-ring (bicyclic) bond motifs is 3. The molecule has 6 aromatic rings. The number of aromatic nitrogens is 4. The molecule has 13 atom stereocenters. The first kappa shape index (κ1) is 106. The number of guanidine groups is 1. The minimum atomic E-state index is -1.90. The number of imidazole rings is 1. The van der Waals surface area contributed by atoms with Gasteiger partial charge in [0.2, 0.25) is 106 Å². The van der Waals surface area contributed by atoms with Crippen LogP contribution in [0.15, 0.2) is 104 Å². The summed E-state index contributed by atoms with van der Waals surface area (Å²) in [6.45, 7) is 4.84. The summed E-state index contributed by atoms with van der Waals surface area (Å²) < 4.78 is 0. The molecule has 44 heteroatoms. The van der Waals surface area contributed by atoms with Crippen LogP contribution in [0, 0.1) is 11.3 Å². The van der Waals surface area contributed by atoms with Gasteiger partial charge >= 0.3 is 0 Å². The molecule has 8 rings (SSSR count). The molecule has 0 saturated carbocycles. The van der Waals surface area contributed by atoms with Crippen molar-refractivity contribution in [3.63, 3.8) is 0 Å². The summed E-state index contributed by atoms with van der Waals surface area (Å²) in [5.74, 6) is -18.2. The third kappa shape index (κ3) is 31.1. The average molecular weight is 1880 g/mol. The number of aliphatic hydroxyl groups is 1. The molecule has 2 aliphatic rings. The predicted molar refractivity (Wildman–Crippen MR) is 495 cm³/mol. The molecule has 18 amide bonds. The number of unbranched alkanes of at least 4 members (excludes halogenated alkanes) is 3. The zero-order chi connectivity index (χ0) is 98.9. The average Bonchev–Trinajstić information content (AvgIpc) is 1.59. The normalized spacial score (nSPS) is 23.3. The summed E-state index contributed by atoms with van der Waals surface area (Å²) in [4.78, 5) is 281. The Balaban J connectivity index is 1.18. The van der Waals surface area contributed by atoms with Crippen LogP contribution >= 0.6 is 0 Å². The van der Waals surface area contributed by atoms with E-state index in [-0.39, 0.29) is 89.6 Å². The SMILES string of the molecule is CCCCC[C@H]1C(=O)N(C)[C@@H](CCCC)C(=O)N[C@@H](CCCNC(=N)N)C(=O)N[C@H](C(=O)NCC(N)=O)CC(=O)NCC(=O)N[C@@H](Cc2ccccc2)C(=O)N(C)[C@@H](C)C(=O)N[C@@H](CC(N)=O)C(=O)N2CCC[C@H]2C(=O)N[C@@H](Cc2cnc[nH]2)C(=O)N[C@@H](CC(C)C)C(=O)N(C)CC(=O)N[C@@H](Cc2c[nH]c3ccccc23)C(=O)N[C@@H](CO)C(=O)N[C@@H](Cc2c[nH]c3ccccc23)C(=O)N1C. The van der Waals surface area contributed by atoms with Gasteiger partial charge in [-0.2, -0.15) is 0 Å². The van der Waals surface area contributed by atoms with Gasteiger partial charge in [0.15, 0.2) is 5.96 Å². The second-order valence-electron chi connectivity index (χ2n) is 34.5. The predicted octanol–water partition coefficient (Wildman–Crippen LogP) is -2.97. The summed E-state index contributed by atoms with van der Waals surface area (Å²) in [6.07, 6.45) is 5.31. The number of rotatable bonds is 27. The van der Waals surface area contributed by atoms with Crippen LogP contribution in [0.3, 0.4) is 0 Å². The van der Waals surface area contributed by atoms with Crippen LogP contribution in [0.5, 0.6) is 0 Å². The van der Waals surface area contributed by atoms with Crippen molar-refractivity contribution in [2.24, 2.45) is 23.1 Å². The van der Waals surface area contributed by atoms with Crippen LogP contribution in [0.25, 0.3) is 21.8 Å². The van der Waals surface area contributed by atoms with Gasteiger partial charge in [0.25, 0.3) is 0 Å². The Morgan fingerprint density at radius 2 is 1.07 bits per heavy atom. The number of benzene rings is 3. The number of para-hydroxylation sites is 2. The fraction of sp³-hybridized carbons (Fsp3) is 0.516. The van der Waals surface area contributed by atoms with Gasteiger partial charge in [0, 0.05) is 113 Å². The van der Waals surface area contributed by atoms with E-state index < -0.39 is 230 Å². The lowest BCUT2D eigenvalue weighted by Crippen LogP contribution is -2.61. The highest BCUT2D eigenvalue weighted by Gasteiger charge is 2.44. The second kappa shape index (κ2) is 51.6. The number of amides is 18. The number of H-pyrrole nitrogens is 3. The van der Waals surface area contributed by atoms with Crippen molar-refractivity contribution in [3.8, 4) is 0 Å². The maximum atomic E-state index is 15.8. The first-order valence-corrected chi connectivity index (χ1v) is 45.3. The molecule has 0 unspecified atom stereocenters. The van der Waals surface area contributed by atoms with Gasteiger partial charge in [-0.05, 0) is 86.6 Å². The van der Waals surface area contributed by atoms with Crippen LogP contribution in [0.4, 0.5) is 0 Å². The number of carbonyl (C=O) groups is 18. The number of hydrogen-bond donors (Lipinski definition) is 20. The summed E-state index contributed by atoms with van der Waals surface area (Å²) in [7, 11) is 5.17. The number of carbonyl (C=O) groups excluding carboxylic acids is 18. The third-order valence-electron chi connectivity index (χ3n) is 23.7. The first-order valence-electron chi connectivity index (χ1n) is 45.3. The molecule has 3 aromatic carbocycles. The quantitative estimate of drug-likeness (QED) is 0.0139. The molecule has 0 bridgehead atoms. The third-order valence-corrected chi connectivity index (χ3v) is 23.7. The van der Waals surface area contributed by atoms with Crippen molar-refractivity contribution in [3.05, 3.63) is 126 Å². The lowest BCUT2D eigenvalue weighted by Gasteiger charge is -2.36. The Morgan fingerprint density at radius 3 is 1.67 bits per heavy atom. The minimum absolute atomic E-state index is 0.00117. The fourth-order valence-electron chi connectivity index (χ4n) is 16.2. The van der Waals surface area contributed by atoms with Crippen molar-refractivity contribution in [1.29, 1.82) is 5.41 Å². The van der Waals surface area contributed by atoms with Crippen LogP contribution in [0.1, 0.15) is 147 Å². The Hall–Kier alpha value is -14.4. The highest BCUT2D eigenvalue weighted by molar-refractivity contribution is 6.03. The number of aromatic amines is 3. The van der Waals surface area contributed by atoms with E-state index in [1.165, 1.54) is 47.6 Å². The van der Waals surface area contributed by atoms with E-state index >= 15 is 24.0 Å². The number of hydrogen-bond acceptors (Lipinski definition) is 21. The van der Waals surface area contributed by atoms with Crippen molar-refractivity contribution in [2.45, 2.75) is 229 Å². The lowest BCUT2D eigenvalue weighted by atomic mass is 9.99. The van der Waals surface area contributed by atoms with Gasteiger partial charge in [0.1, 0.15) is 78.5 Å². The van der Waals surface area contributed by atoms with Gasteiger partial charge in [-0.25, -0.2) is 4.98 Å². The zero-order valence-electron chi connectivity index (χ0n) is 77.6. The first-order chi connectivity index (χ1) is 64.3. The number of aliphatic hydroxyl groups excluding tert-OH is 1. The molecule has 44 nitrogen and oxygen atoms in total. The van der Waals surface area contributed by atoms with E-state index in [1.807, 2.05) is 13.8 Å². The van der Waals surface area contributed by atoms with Gasteiger partial charge < -0.3 is 126 Å². The number of primary amides is 2. The Kier molecular flexibility index (Phi) is 40.5. The van der Waals surface area contributed by atoms with E-state index in [9.17, 15) is 67.4 Å². The largest absolute Gasteiger partial charge is 0.394 e. The van der Waals surface area contributed by atoms with Gasteiger partial charge in [-0.1, -0.05) is 127 Å². The smallest absolute Gasteiger partial charge is 0.246 e. The van der Waals surface area contributed by atoms with Crippen molar-refractivity contribution in [1.82, 2.24) is 108 Å². The van der Waals surface area contributed by atoms with E-state index in [2.05, 4.69) is 83.7 Å². The molecule has 2 aliphatic heterocycles. The fourth-order valence-corrected chi connectivity index (χ4v) is 16.2. The molecule has 23 N–H and O–H groups in total. The molecule has 2 saturated heterocycles. The van der Waals surface area contributed by atoms with E-state index in [4.69, 9.17) is 22.6 Å². The zero-order valence-corrected chi connectivity index (χ0v) is 77.6. The molecule has 3 aromatic heterocycles. The molecule has 5 heterocycles. The van der Waals surface area contributed by atoms with Gasteiger partial charge in [-0.3, -0.25) is 91.7 Å². The topological polar surface area (TPSA) is 650 Å². The molecule has 0 radical (unpaired) electrons. The summed E-state index contributed by atoms with van der Waals surface area (Å²) >= 11 is 0. The monoisotopic (exact) mass is 1880 g/mol. The van der Waals surface area contributed by atoms with Crippen molar-refractivity contribution in [2.75, 3.05) is 67.5 Å².